The molecule has 0 saturated heterocycles. The van der Waals surface area contributed by atoms with Crippen LogP contribution in [-0.4, -0.2) is 48.7 Å². The smallest absolute Gasteiger partial charge is 0.303 e. The molecule has 138 valence electrons. The van der Waals surface area contributed by atoms with E-state index in [-0.39, 0.29) is 18.6 Å². The number of carbonyl (C=O) groups excluding carboxylic acids is 4. The molecule has 3 atom stereocenters. The van der Waals surface area contributed by atoms with Crippen molar-refractivity contribution in [1.82, 2.24) is 5.32 Å². The van der Waals surface area contributed by atoms with E-state index >= 15 is 0 Å². The molecule has 0 heterocycles. The van der Waals surface area contributed by atoms with Gasteiger partial charge in [-0.15, -0.1) is 0 Å². The van der Waals surface area contributed by atoms with Gasteiger partial charge in [-0.25, -0.2) is 0 Å². The van der Waals surface area contributed by atoms with Crippen LogP contribution in [0.4, 0.5) is 0 Å². The van der Waals surface area contributed by atoms with Crippen LogP contribution in [0, 0.1) is 0 Å². The average Bonchev–Trinajstić information content (AvgIpc) is 2.40. The Hall–Kier alpha value is -2.12. The van der Waals surface area contributed by atoms with Crippen LogP contribution in [0.15, 0.2) is 0 Å². The first-order chi connectivity index (χ1) is 11.1. The maximum Gasteiger partial charge on any atom is 0.303 e. The van der Waals surface area contributed by atoms with Gasteiger partial charge < -0.3 is 19.5 Å². The molecule has 0 rings (SSSR count). The minimum Gasteiger partial charge on any atom is -0.462 e. The zero-order chi connectivity index (χ0) is 18.7. The summed E-state index contributed by atoms with van der Waals surface area (Å²) in [6.07, 6.45) is 0.0964. The number of esters is 3. The molecule has 8 nitrogen and oxygen atoms in total. The topological polar surface area (TPSA) is 108 Å². The Bertz CT molecular complexity index is 450. The predicted molar refractivity (Wildman–Crippen MR) is 84.9 cm³/mol. The van der Waals surface area contributed by atoms with Crippen molar-refractivity contribution >= 4 is 23.8 Å². The molecule has 0 aliphatic rings. The van der Waals surface area contributed by atoms with Crippen molar-refractivity contribution in [2.75, 3.05) is 6.61 Å². The second-order valence-electron chi connectivity index (χ2n) is 5.63. The molecule has 0 aromatic carbocycles. The van der Waals surface area contributed by atoms with Gasteiger partial charge in [-0.05, 0) is 26.2 Å². The van der Waals surface area contributed by atoms with E-state index < -0.39 is 30.1 Å². The van der Waals surface area contributed by atoms with E-state index in [1.54, 1.807) is 0 Å². The lowest BCUT2D eigenvalue weighted by atomic mass is 10.0. The summed E-state index contributed by atoms with van der Waals surface area (Å²) in [5, 5.41) is 2.76. The van der Waals surface area contributed by atoms with Crippen molar-refractivity contribution in [2.24, 2.45) is 0 Å². The Balaban J connectivity index is 4.75. The van der Waals surface area contributed by atoms with Crippen molar-refractivity contribution in [3.05, 3.63) is 0 Å². The third-order valence-corrected chi connectivity index (χ3v) is 3.08. The molecule has 1 amide bonds. The van der Waals surface area contributed by atoms with Gasteiger partial charge in [-0.1, -0.05) is 0 Å². The summed E-state index contributed by atoms with van der Waals surface area (Å²) in [6, 6.07) is -0.0267. The summed E-state index contributed by atoms with van der Waals surface area (Å²) < 4.78 is 15.2. The quantitative estimate of drug-likeness (QED) is 0.466. The lowest BCUT2D eigenvalue weighted by Gasteiger charge is -2.26. The van der Waals surface area contributed by atoms with Crippen molar-refractivity contribution in [2.45, 2.75) is 72.1 Å². The first-order valence-electron chi connectivity index (χ1n) is 7.86. The lowest BCUT2D eigenvalue weighted by molar-refractivity contribution is -0.173. The minimum absolute atomic E-state index is 0.0267. The molecule has 0 fully saturated rings. The highest BCUT2D eigenvalue weighted by molar-refractivity contribution is 5.73. The van der Waals surface area contributed by atoms with Crippen LogP contribution in [-0.2, 0) is 33.4 Å². The molecule has 0 spiro atoms. The Labute approximate surface area is 142 Å². The van der Waals surface area contributed by atoms with E-state index in [9.17, 15) is 19.2 Å². The first-order valence-corrected chi connectivity index (χ1v) is 7.86. The van der Waals surface area contributed by atoms with Crippen LogP contribution in [0.25, 0.3) is 0 Å². The monoisotopic (exact) mass is 345 g/mol. The largest absolute Gasteiger partial charge is 0.462 e. The van der Waals surface area contributed by atoms with Gasteiger partial charge in [0.15, 0.2) is 6.10 Å². The third kappa shape index (κ3) is 11.4. The second-order valence-corrected chi connectivity index (χ2v) is 5.63. The molecular formula is C16H27NO7. The predicted octanol–water partition coefficient (Wildman–Crippen LogP) is 1.11. The maximum atomic E-state index is 11.3. The molecular weight excluding hydrogens is 318 g/mol. The summed E-state index contributed by atoms with van der Waals surface area (Å²) >= 11 is 0. The molecule has 0 bridgehead atoms. The van der Waals surface area contributed by atoms with Crippen LogP contribution in [0.2, 0.25) is 0 Å². The number of ether oxygens (including phenoxy) is 3. The standard InChI is InChI=1S/C16H27NO7/c1-10(17-11(2)18)7-6-8-15(23-13(4)20)16(24-14(5)21)9-22-12(3)19/h10,15-16H,6-9H2,1-5H3,(H,17,18)/t10?,15-,16-/m1/s1. The van der Waals surface area contributed by atoms with Gasteiger partial charge in [0.05, 0.1) is 0 Å². The minimum atomic E-state index is -0.869. The number of carbonyl (C=O) groups is 4. The lowest BCUT2D eigenvalue weighted by Crippen LogP contribution is -2.39. The fourth-order valence-electron chi connectivity index (χ4n) is 2.21. The van der Waals surface area contributed by atoms with Crippen molar-refractivity contribution < 1.29 is 33.4 Å². The molecule has 24 heavy (non-hydrogen) atoms. The summed E-state index contributed by atoms with van der Waals surface area (Å²) in [7, 11) is 0. The van der Waals surface area contributed by atoms with E-state index in [0.29, 0.717) is 19.3 Å². The Morgan fingerprint density at radius 3 is 1.83 bits per heavy atom. The number of amides is 1. The first kappa shape index (κ1) is 21.9. The van der Waals surface area contributed by atoms with E-state index in [4.69, 9.17) is 14.2 Å². The van der Waals surface area contributed by atoms with Crippen LogP contribution >= 0.6 is 0 Å². The molecule has 0 aromatic heterocycles. The SMILES string of the molecule is CC(=O)NC(C)CCC[C@@H](OC(C)=O)[C@@H](COC(C)=O)OC(C)=O. The number of rotatable bonds is 10. The number of hydrogen-bond acceptors (Lipinski definition) is 7. The van der Waals surface area contributed by atoms with Gasteiger partial charge in [0.1, 0.15) is 12.7 Å². The van der Waals surface area contributed by atoms with Gasteiger partial charge in [0, 0.05) is 33.7 Å². The zero-order valence-corrected chi connectivity index (χ0v) is 14.9. The third-order valence-electron chi connectivity index (χ3n) is 3.08. The Morgan fingerprint density at radius 1 is 0.833 bits per heavy atom. The van der Waals surface area contributed by atoms with Gasteiger partial charge in [-0.3, -0.25) is 19.2 Å². The van der Waals surface area contributed by atoms with E-state index in [1.165, 1.54) is 27.7 Å². The van der Waals surface area contributed by atoms with E-state index in [1.807, 2.05) is 6.92 Å². The summed E-state index contributed by atoms with van der Waals surface area (Å²) in [5.74, 6) is -1.72. The van der Waals surface area contributed by atoms with Crippen LogP contribution in [0.5, 0.6) is 0 Å². The maximum absolute atomic E-state index is 11.3. The van der Waals surface area contributed by atoms with Gasteiger partial charge in [0.25, 0.3) is 0 Å². The van der Waals surface area contributed by atoms with Crippen molar-refractivity contribution in [3.8, 4) is 0 Å². The summed E-state index contributed by atoms with van der Waals surface area (Å²) in [4.78, 5) is 44.5. The molecule has 0 aliphatic carbocycles. The molecule has 0 aromatic rings. The molecule has 1 N–H and O–H groups in total. The number of nitrogens with one attached hydrogen (secondary N) is 1. The van der Waals surface area contributed by atoms with Crippen molar-refractivity contribution in [3.63, 3.8) is 0 Å². The van der Waals surface area contributed by atoms with Crippen LogP contribution in [0.1, 0.15) is 53.9 Å². The highest BCUT2D eigenvalue weighted by atomic mass is 16.6. The van der Waals surface area contributed by atoms with Crippen LogP contribution < -0.4 is 5.32 Å². The molecule has 1 unspecified atom stereocenters. The zero-order valence-electron chi connectivity index (χ0n) is 14.9. The van der Waals surface area contributed by atoms with Gasteiger partial charge in [-0.2, -0.15) is 0 Å². The average molecular weight is 345 g/mol. The fourth-order valence-corrected chi connectivity index (χ4v) is 2.21. The van der Waals surface area contributed by atoms with E-state index in [2.05, 4.69) is 5.32 Å². The van der Waals surface area contributed by atoms with Gasteiger partial charge in [0.2, 0.25) is 5.91 Å². The number of hydrogen-bond donors (Lipinski definition) is 1. The molecule has 8 heteroatoms. The fraction of sp³-hybridized carbons (Fsp3) is 0.750. The normalized spacial score (nSPS) is 14.0. The molecule has 0 radical (unpaired) electrons. The van der Waals surface area contributed by atoms with E-state index in [0.717, 1.165) is 0 Å². The molecule has 0 saturated carbocycles. The Kier molecular flexibility index (Phi) is 10.4. The summed E-state index contributed by atoms with van der Waals surface area (Å²) in [6.45, 7) is 6.83. The van der Waals surface area contributed by atoms with Crippen LogP contribution in [0.3, 0.4) is 0 Å². The highest BCUT2D eigenvalue weighted by Gasteiger charge is 2.28. The van der Waals surface area contributed by atoms with Gasteiger partial charge >= 0.3 is 17.9 Å². The molecule has 0 aliphatic heterocycles. The Morgan fingerprint density at radius 2 is 1.38 bits per heavy atom. The summed E-state index contributed by atoms with van der Waals surface area (Å²) in [5.41, 5.74) is 0. The highest BCUT2D eigenvalue weighted by Crippen LogP contribution is 2.15. The second kappa shape index (κ2) is 11.4. The van der Waals surface area contributed by atoms with Crippen molar-refractivity contribution in [1.29, 1.82) is 0 Å².